The van der Waals surface area contributed by atoms with Crippen LogP contribution >= 0.6 is 24.5 Å². The van der Waals surface area contributed by atoms with Gasteiger partial charge < -0.3 is 10.9 Å². The van der Waals surface area contributed by atoms with E-state index >= 15 is 0 Å². The number of halogens is 1. The molecule has 0 radical (unpaired) electrons. The minimum absolute atomic E-state index is 0. The molecule has 0 bridgehead atoms. The van der Waals surface area contributed by atoms with E-state index in [4.69, 9.17) is 9.47 Å². The van der Waals surface area contributed by atoms with Crippen molar-refractivity contribution in [1.82, 2.24) is 0 Å². The summed E-state index contributed by atoms with van der Waals surface area (Å²) in [5, 5.41) is 0.988. The van der Waals surface area contributed by atoms with Gasteiger partial charge in [-0.15, -0.1) is 0 Å². The Kier molecular flexibility index (Phi) is 7.49. The first-order valence-corrected chi connectivity index (χ1v) is 7.73. The van der Waals surface area contributed by atoms with Crippen molar-refractivity contribution in [3.8, 4) is 11.5 Å². The summed E-state index contributed by atoms with van der Waals surface area (Å²) in [6.07, 6.45) is 0. The summed E-state index contributed by atoms with van der Waals surface area (Å²) in [6.45, 7) is 0. The topological polar surface area (TPSA) is 35.5 Å². The molecule has 0 aliphatic heterocycles. The summed E-state index contributed by atoms with van der Waals surface area (Å²) >= 11 is 3.39. The first-order chi connectivity index (χ1) is 9.67. The third kappa shape index (κ3) is 4.34. The third-order valence-electron chi connectivity index (χ3n) is 2.75. The Morgan fingerprint density at radius 3 is 2.33 bits per heavy atom. The molecule has 0 aromatic heterocycles. The minimum atomic E-state index is -0.00815. The Balaban J connectivity index is 0.00000220. The molecule has 0 spiro atoms. The van der Waals surface area contributed by atoms with E-state index in [9.17, 15) is 4.79 Å². The number of carbonyl (C=O) groups excluding carboxylic acids is 1. The fraction of sp³-hybridized carbons (Fsp3) is 0.133. The SMILES string of the molecule is COc1ccc(Br)c(OC)c1C(=O)Pc1ccccc1.[H-].[Li+]. The third-order valence-corrected chi connectivity index (χ3v) is 4.48. The summed E-state index contributed by atoms with van der Waals surface area (Å²) in [5.74, 6) is 1.04. The van der Waals surface area contributed by atoms with Crippen molar-refractivity contribution in [1.29, 1.82) is 0 Å². The minimum Gasteiger partial charge on any atom is -1.00 e. The summed E-state index contributed by atoms with van der Waals surface area (Å²) in [7, 11) is 3.12. The van der Waals surface area contributed by atoms with E-state index in [-0.39, 0.29) is 34.4 Å². The second-order valence-corrected chi connectivity index (χ2v) is 6.11. The van der Waals surface area contributed by atoms with Crippen LogP contribution in [0.1, 0.15) is 11.8 Å². The molecule has 0 aliphatic rings. The van der Waals surface area contributed by atoms with E-state index in [0.717, 1.165) is 9.78 Å². The van der Waals surface area contributed by atoms with Gasteiger partial charge in [0, 0.05) is 0 Å². The van der Waals surface area contributed by atoms with Gasteiger partial charge in [0.25, 0.3) is 0 Å². The fourth-order valence-electron chi connectivity index (χ4n) is 1.84. The van der Waals surface area contributed by atoms with Gasteiger partial charge in [-0.1, -0.05) is 30.3 Å². The molecule has 0 aliphatic carbocycles. The van der Waals surface area contributed by atoms with Crippen LogP contribution in [0.3, 0.4) is 0 Å². The summed E-state index contributed by atoms with van der Waals surface area (Å²) in [6, 6.07) is 13.2. The maximum atomic E-state index is 12.6. The van der Waals surface area contributed by atoms with Crippen molar-refractivity contribution >= 4 is 35.3 Å². The first kappa shape index (κ1) is 18.3. The average Bonchev–Trinajstić information content (AvgIpc) is 2.47. The van der Waals surface area contributed by atoms with Crippen LogP contribution in [0.2, 0.25) is 0 Å². The van der Waals surface area contributed by atoms with Gasteiger partial charge in [-0.25, -0.2) is 0 Å². The van der Waals surface area contributed by atoms with E-state index in [1.807, 2.05) is 30.3 Å². The van der Waals surface area contributed by atoms with Crippen LogP contribution in [0.5, 0.6) is 11.5 Å². The monoisotopic (exact) mass is 360 g/mol. The number of hydrogen-bond donors (Lipinski definition) is 0. The fourth-order valence-corrected chi connectivity index (χ4v) is 3.31. The van der Waals surface area contributed by atoms with Crippen LogP contribution in [-0.4, -0.2) is 19.7 Å². The zero-order chi connectivity index (χ0) is 14.5. The van der Waals surface area contributed by atoms with E-state index in [1.54, 1.807) is 26.4 Å². The van der Waals surface area contributed by atoms with E-state index in [2.05, 4.69) is 15.9 Å². The van der Waals surface area contributed by atoms with Crippen LogP contribution in [0.25, 0.3) is 0 Å². The molecule has 0 heterocycles. The van der Waals surface area contributed by atoms with Crippen LogP contribution in [0, 0.1) is 0 Å². The molecule has 2 aromatic carbocycles. The Labute approximate surface area is 148 Å². The molecule has 0 amide bonds. The Bertz CT molecular complexity index is 626. The quantitative estimate of drug-likeness (QED) is 0.582. The zero-order valence-electron chi connectivity index (χ0n) is 13.1. The molecule has 106 valence electrons. The zero-order valence-corrected chi connectivity index (χ0v) is 14.7. The van der Waals surface area contributed by atoms with Gasteiger partial charge in [0.1, 0.15) is 17.1 Å². The van der Waals surface area contributed by atoms with Gasteiger partial charge in [-0.05, 0) is 41.9 Å². The van der Waals surface area contributed by atoms with Crippen molar-refractivity contribution in [2.24, 2.45) is 0 Å². The van der Waals surface area contributed by atoms with E-state index in [0.29, 0.717) is 17.1 Å². The molecule has 1 atom stereocenters. The van der Waals surface area contributed by atoms with Crippen molar-refractivity contribution in [2.45, 2.75) is 0 Å². The molecule has 1 unspecified atom stereocenters. The van der Waals surface area contributed by atoms with Crippen LogP contribution in [0.4, 0.5) is 0 Å². The molecular formula is C15H15BrLiO3P. The average molecular weight is 361 g/mol. The first-order valence-electron chi connectivity index (χ1n) is 5.94. The maximum Gasteiger partial charge on any atom is 1.00 e. The van der Waals surface area contributed by atoms with E-state index in [1.165, 1.54) is 0 Å². The molecule has 2 aromatic rings. The Morgan fingerprint density at radius 2 is 1.76 bits per heavy atom. The van der Waals surface area contributed by atoms with E-state index < -0.39 is 0 Å². The number of benzene rings is 2. The van der Waals surface area contributed by atoms with Gasteiger partial charge in [-0.3, -0.25) is 4.79 Å². The second kappa shape index (κ2) is 8.61. The van der Waals surface area contributed by atoms with Crippen molar-refractivity contribution in [2.75, 3.05) is 14.2 Å². The van der Waals surface area contributed by atoms with Crippen molar-refractivity contribution in [3.63, 3.8) is 0 Å². The summed E-state index contributed by atoms with van der Waals surface area (Å²) < 4.78 is 11.4. The Hall–Kier alpha value is -0.783. The molecule has 6 heteroatoms. The largest absolute Gasteiger partial charge is 1.00 e. The van der Waals surface area contributed by atoms with Crippen LogP contribution in [-0.2, 0) is 0 Å². The van der Waals surface area contributed by atoms with Crippen LogP contribution < -0.4 is 33.6 Å². The molecule has 0 saturated carbocycles. The summed E-state index contributed by atoms with van der Waals surface area (Å²) in [4.78, 5) is 12.6. The predicted octanol–water partition coefficient (Wildman–Crippen LogP) is 0.727. The maximum absolute atomic E-state index is 12.6. The Morgan fingerprint density at radius 1 is 1.10 bits per heavy atom. The smallest absolute Gasteiger partial charge is 1.00 e. The standard InChI is InChI=1S/C15H14BrO3P.Li.H/c1-18-12-9-8-11(16)14(19-2)13(12)15(17)20-10-6-4-3-5-7-10;;/h3-9,20H,1-2H3;;/q;+1;-1. The molecule has 2 rings (SSSR count). The van der Waals surface area contributed by atoms with Gasteiger partial charge in [0.15, 0.2) is 5.52 Å². The van der Waals surface area contributed by atoms with Crippen molar-refractivity contribution < 1.29 is 34.6 Å². The van der Waals surface area contributed by atoms with Gasteiger partial charge >= 0.3 is 18.9 Å². The second-order valence-electron chi connectivity index (χ2n) is 3.98. The normalized spacial score (nSPS) is 10.2. The van der Waals surface area contributed by atoms with Gasteiger partial charge in [0.2, 0.25) is 0 Å². The van der Waals surface area contributed by atoms with Crippen LogP contribution in [0.15, 0.2) is 46.9 Å². The number of ether oxygens (including phenoxy) is 2. The number of hydrogen-bond acceptors (Lipinski definition) is 3. The van der Waals surface area contributed by atoms with Gasteiger partial charge in [-0.2, -0.15) is 0 Å². The number of methoxy groups -OCH3 is 2. The van der Waals surface area contributed by atoms with Crippen molar-refractivity contribution in [3.05, 3.63) is 52.5 Å². The number of carbonyl (C=O) groups is 1. The molecule has 0 N–H and O–H groups in total. The molecule has 0 saturated heterocycles. The summed E-state index contributed by atoms with van der Waals surface area (Å²) in [5.41, 5.74) is 0.470. The molecular weight excluding hydrogens is 346 g/mol. The number of rotatable bonds is 5. The van der Waals surface area contributed by atoms with Gasteiger partial charge in [0.05, 0.1) is 18.7 Å². The molecule has 21 heavy (non-hydrogen) atoms. The molecule has 3 nitrogen and oxygen atoms in total. The predicted molar refractivity (Wildman–Crippen MR) is 87.1 cm³/mol. The molecule has 0 fully saturated rings.